The molecule has 1 aromatic heterocycles. The normalized spacial score (nSPS) is 16.5. The molecular formula is C18H26F3N3O2. The fraction of sp³-hybridized carbons (Fsp3) is 0.667. The van der Waals surface area contributed by atoms with Gasteiger partial charge in [-0.2, -0.15) is 13.2 Å². The Balaban J connectivity index is 1.88. The zero-order valence-electron chi connectivity index (χ0n) is 15.6. The van der Waals surface area contributed by atoms with E-state index >= 15 is 0 Å². The summed E-state index contributed by atoms with van der Waals surface area (Å²) in [5.74, 6) is 0.587. The van der Waals surface area contributed by atoms with Gasteiger partial charge in [-0.25, -0.2) is 9.78 Å². The lowest BCUT2D eigenvalue weighted by Crippen LogP contribution is -2.43. The fourth-order valence-corrected chi connectivity index (χ4v) is 2.91. The lowest BCUT2D eigenvalue weighted by atomic mass is 9.96. The van der Waals surface area contributed by atoms with Gasteiger partial charge < -0.3 is 14.5 Å². The Kier molecular flexibility index (Phi) is 6.03. The van der Waals surface area contributed by atoms with Gasteiger partial charge in [0.15, 0.2) is 0 Å². The van der Waals surface area contributed by atoms with Crippen LogP contribution in [0.1, 0.15) is 39.2 Å². The molecule has 2 heterocycles. The van der Waals surface area contributed by atoms with Gasteiger partial charge in [0, 0.05) is 32.9 Å². The molecule has 26 heavy (non-hydrogen) atoms. The van der Waals surface area contributed by atoms with Crippen molar-refractivity contribution in [1.82, 2.24) is 9.88 Å². The van der Waals surface area contributed by atoms with Crippen LogP contribution in [0.4, 0.5) is 23.8 Å². The molecule has 5 nitrogen and oxygen atoms in total. The lowest BCUT2D eigenvalue weighted by Gasteiger charge is -2.35. The van der Waals surface area contributed by atoms with E-state index in [0.29, 0.717) is 25.5 Å². The number of nitrogens with zero attached hydrogens (tertiary/aromatic N) is 3. The maximum Gasteiger partial charge on any atom is 0.416 e. The van der Waals surface area contributed by atoms with Crippen LogP contribution in [0.2, 0.25) is 0 Å². The van der Waals surface area contributed by atoms with Crippen molar-refractivity contribution in [3.63, 3.8) is 0 Å². The summed E-state index contributed by atoms with van der Waals surface area (Å²) in [5, 5.41) is 0. The molecule has 0 bridgehead atoms. The topological polar surface area (TPSA) is 45.7 Å². The van der Waals surface area contributed by atoms with E-state index in [1.165, 1.54) is 6.20 Å². The van der Waals surface area contributed by atoms with E-state index in [1.807, 2.05) is 20.8 Å². The van der Waals surface area contributed by atoms with Gasteiger partial charge in [0.1, 0.15) is 11.4 Å². The Morgan fingerprint density at radius 2 is 1.92 bits per heavy atom. The van der Waals surface area contributed by atoms with Gasteiger partial charge in [-0.15, -0.1) is 0 Å². The monoisotopic (exact) mass is 373 g/mol. The molecule has 1 aliphatic rings. The van der Waals surface area contributed by atoms with Gasteiger partial charge in [-0.05, 0) is 51.7 Å². The highest BCUT2D eigenvalue weighted by Crippen LogP contribution is 2.31. The standard InChI is InChI=1S/C18H26F3N3O2/c1-17(2,3)26-16(25)24-9-6-13(7-10-24)12-23(4)15-11-14(5-8-22-15)18(19,20)21/h5,8,11,13H,6-7,9-10,12H2,1-4H3. The summed E-state index contributed by atoms with van der Waals surface area (Å²) in [6, 6.07) is 2.03. The average molecular weight is 373 g/mol. The third-order valence-corrected chi connectivity index (χ3v) is 4.26. The number of carbonyl (C=O) groups excluding carboxylic acids is 1. The minimum Gasteiger partial charge on any atom is -0.444 e. The Morgan fingerprint density at radius 3 is 2.46 bits per heavy atom. The Labute approximate surface area is 152 Å². The fourth-order valence-electron chi connectivity index (χ4n) is 2.91. The summed E-state index contributed by atoms with van der Waals surface area (Å²) < 4.78 is 43.9. The van der Waals surface area contributed by atoms with E-state index < -0.39 is 17.3 Å². The van der Waals surface area contributed by atoms with E-state index in [9.17, 15) is 18.0 Å². The first-order valence-corrected chi connectivity index (χ1v) is 8.68. The molecule has 0 aromatic carbocycles. The van der Waals surface area contributed by atoms with Crippen molar-refractivity contribution in [3.8, 4) is 0 Å². The largest absolute Gasteiger partial charge is 0.444 e. The van der Waals surface area contributed by atoms with Crippen LogP contribution in [0.5, 0.6) is 0 Å². The van der Waals surface area contributed by atoms with E-state index in [0.717, 1.165) is 25.0 Å². The number of pyridine rings is 1. The van der Waals surface area contributed by atoms with Crippen molar-refractivity contribution in [2.24, 2.45) is 5.92 Å². The number of amides is 1. The van der Waals surface area contributed by atoms with Crippen molar-refractivity contribution < 1.29 is 22.7 Å². The molecule has 2 rings (SSSR count). The van der Waals surface area contributed by atoms with Gasteiger partial charge in [-0.1, -0.05) is 0 Å². The molecule has 1 saturated heterocycles. The number of likely N-dealkylation sites (tertiary alicyclic amines) is 1. The number of aromatic nitrogens is 1. The third-order valence-electron chi connectivity index (χ3n) is 4.26. The number of piperidine rings is 1. The number of carbonyl (C=O) groups is 1. The first-order valence-electron chi connectivity index (χ1n) is 8.68. The van der Waals surface area contributed by atoms with Crippen LogP contribution >= 0.6 is 0 Å². The highest BCUT2D eigenvalue weighted by molar-refractivity contribution is 5.68. The maximum atomic E-state index is 12.8. The molecule has 1 fully saturated rings. The summed E-state index contributed by atoms with van der Waals surface area (Å²) in [4.78, 5) is 19.5. The third kappa shape index (κ3) is 5.78. The summed E-state index contributed by atoms with van der Waals surface area (Å²) in [6.07, 6.45) is -1.95. The summed E-state index contributed by atoms with van der Waals surface area (Å²) in [6.45, 7) is 7.25. The van der Waals surface area contributed by atoms with Crippen molar-refractivity contribution in [2.45, 2.75) is 45.4 Å². The predicted molar refractivity (Wildman–Crippen MR) is 93.0 cm³/mol. The van der Waals surface area contributed by atoms with Gasteiger partial charge >= 0.3 is 12.3 Å². The van der Waals surface area contributed by atoms with Gasteiger partial charge in [-0.3, -0.25) is 0 Å². The van der Waals surface area contributed by atoms with E-state index in [-0.39, 0.29) is 12.0 Å². The van der Waals surface area contributed by atoms with Crippen LogP contribution in [0, 0.1) is 5.92 Å². The number of halogens is 3. The molecule has 0 radical (unpaired) electrons. The van der Waals surface area contributed by atoms with E-state index in [4.69, 9.17) is 4.74 Å². The first kappa shape index (κ1) is 20.3. The molecular weight excluding hydrogens is 347 g/mol. The van der Waals surface area contributed by atoms with Crippen LogP contribution in [0.15, 0.2) is 18.3 Å². The summed E-state index contributed by atoms with van der Waals surface area (Å²) >= 11 is 0. The molecule has 1 aliphatic heterocycles. The second-order valence-corrected chi connectivity index (χ2v) is 7.69. The zero-order valence-corrected chi connectivity index (χ0v) is 15.6. The van der Waals surface area contributed by atoms with Gasteiger partial charge in [0.25, 0.3) is 0 Å². The molecule has 8 heteroatoms. The predicted octanol–water partition coefficient (Wildman–Crippen LogP) is 4.18. The number of alkyl halides is 3. The number of hydrogen-bond donors (Lipinski definition) is 0. The van der Waals surface area contributed by atoms with Crippen molar-refractivity contribution >= 4 is 11.9 Å². The Bertz CT molecular complexity index is 621. The van der Waals surface area contributed by atoms with Crippen LogP contribution in [-0.2, 0) is 10.9 Å². The van der Waals surface area contributed by atoms with Crippen LogP contribution in [-0.4, -0.2) is 48.3 Å². The van der Waals surface area contributed by atoms with Gasteiger partial charge in [0.2, 0.25) is 0 Å². The molecule has 0 spiro atoms. The maximum absolute atomic E-state index is 12.8. The first-order chi connectivity index (χ1) is 12.0. The lowest BCUT2D eigenvalue weighted by molar-refractivity contribution is -0.137. The molecule has 0 atom stereocenters. The molecule has 0 aliphatic carbocycles. The average Bonchev–Trinajstić information content (AvgIpc) is 2.53. The Hall–Kier alpha value is -1.99. The quantitative estimate of drug-likeness (QED) is 0.797. The highest BCUT2D eigenvalue weighted by atomic mass is 19.4. The molecule has 1 aromatic rings. The van der Waals surface area contributed by atoms with Crippen molar-refractivity contribution in [3.05, 3.63) is 23.9 Å². The van der Waals surface area contributed by atoms with Crippen molar-refractivity contribution in [1.29, 1.82) is 0 Å². The summed E-state index contributed by atoms with van der Waals surface area (Å²) in [5.41, 5.74) is -1.22. The smallest absolute Gasteiger partial charge is 0.416 e. The van der Waals surface area contributed by atoms with E-state index in [1.54, 1.807) is 16.8 Å². The molecule has 0 unspecified atom stereocenters. The Morgan fingerprint density at radius 1 is 1.31 bits per heavy atom. The minimum absolute atomic E-state index is 0.287. The highest BCUT2D eigenvalue weighted by Gasteiger charge is 2.31. The zero-order chi connectivity index (χ0) is 19.5. The second kappa shape index (κ2) is 7.72. The number of anilines is 1. The van der Waals surface area contributed by atoms with E-state index in [2.05, 4.69) is 4.98 Å². The molecule has 146 valence electrons. The molecule has 0 saturated carbocycles. The molecule has 0 N–H and O–H groups in total. The SMILES string of the molecule is CN(CC1CCN(C(=O)OC(C)(C)C)CC1)c1cc(C(F)(F)F)ccn1. The van der Waals surface area contributed by atoms with Crippen LogP contribution < -0.4 is 4.90 Å². The number of rotatable bonds is 3. The summed E-state index contributed by atoms with van der Waals surface area (Å²) in [7, 11) is 1.74. The van der Waals surface area contributed by atoms with Crippen molar-refractivity contribution in [2.75, 3.05) is 31.6 Å². The number of hydrogen-bond acceptors (Lipinski definition) is 4. The van der Waals surface area contributed by atoms with Crippen LogP contribution in [0.3, 0.4) is 0 Å². The van der Waals surface area contributed by atoms with Gasteiger partial charge in [0.05, 0.1) is 5.56 Å². The molecule has 1 amide bonds. The second-order valence-electron chi connectivity index (χ2n) is 7.69. The minimum atomic E-state index is -4.38. The van der Waals surface area contributed by atoms with Crippen LogP contribution in [0.25, 0.3) is 0 Å². The number of ether oxygens (including phenoxy) is 1.